The second-order valence-corrected chi connectivity index (χ2v) is 7.07. The molecular weight excluding hydrogens is 320 g/mol. The van der Waals surface area contributed by atoms with E-state index in [1.54, 1.807) is 11.3 Å². The molecular formula is C17H20N6S. The predicted molar refractivity (Wildman–Crippen MR) is 95.0 cm³/mol. The number of benzene rings is 1. The van der Waals surface area contributed by atoms with Gasteiger partial charge in [0.25, 0.3) is 0 Å². The van der Waals surface area contributed by atoms with Crippen LogP contribution in [0.4, 0.5) is 5.69 Å². The van der Waals surface area contributed by atoms with Crippen molar-refractivity contribution in [2.45, 2.75) is 45.7 Å². The summed E-state index contributed by atoms with van der Waals surface area (Å²) in [6.07, 6.45) is 4.40. The van der Waals surface area contributed by atoms with Crippen molar-refractivity contribution in [3.05, 3.63) is 40.1 Å². The molecule has 0 spiro atoms. The molecule has 0 bridgehead atoms. The number of hydrogen-bond acceptors (Lipinski definition) is 6. The zero-order chi connectivity index (χ0) is 16.4. The molecule has 2 aromatic heterocycles. The summed E-state index contributed by atoms with van der Waals surface area (Å²) in [5, 5.41) is 22.5. The quantitative estimate of drug-likeness (QED) is 0.772. The third-order valence-electron chi connectivity index (χ3n) is 4.26. The standard InChI is InChI=1S/C17H20N6S/c1-2-15-20-21-16(24-15)11-18-13-8-6-12(7-9-13)17-22-19-14-5-3-4-10-23(14)17/h6-9,18H,2-5,10-11H2,1H3. The number of aryl methyl sites for hydroxylation is 2. The van der Waals surface area contributed by atoms with Gasteiger partial charge < -0.3 is 9.88 Å². The molecule has 0 fully saturated rings. The monoisotopic (exact) mass is 340 g/mol. The maximum Gasteiger partial charge on any atom is 0.163 e. The summed E-state index contributed by atoms with van der Waals surface area (Å²) < 4.78 is 2.25. The van der Waals surface area contributed by atoms with Gasteiger partial charge in [0.1, 0.15) is 15.8 Å². The van der Waals surface area contributed by atoms with Crippen LogP contribution in [0.1, 0.15) is 35.6 Å². The lowest BCUT2D eigenvalue weighted by Gasteiger charge is -2.14. The average Bonchev–Trinajstić information content (AvgIpc) is 3.27. The van der Waals surface area contributed by atoms with E-state index in [1.807, 2.05) is 0 Å². The summed E-state index contributed by atoms with van der Waals surface area (Å²) in [5.74, 6) is 2.09. The number of nitrogens with zero attached hydrogens (tertiary/aromatic N) is 5. The van der Waals surface area contributed by atoms with E-state index in [2.05, 4.69) is 61.5 Å². The summed E-state index contributed by atoms with van der Waals surface area (Å²) in [6, 6.07) is 8.38. The molecule has 0 amide bonds. The minimum atomic E-state index is 0.706. The Morgan fingerprint density at radius 3 is 2.67 bits per heavy atom. The van der Waals surface area contributed by atoms with Gasteiger partial charge in [-0.1, -0.05) is 18.3 Å². The largest absolute Gasteiger partial charge is 0.378 e. The fourth-order valence-electron chi connectivity index (χ4n) is 2.94. The van der Waals surface area contributed by atoms with Gasteiger partial charge in [0, 0.05) is 24.2 Å². The van der Waals surface area contributed by atoms with Crippen molar-refractivity contribution in [2.75, 3.05) is 5.32 Å². The van der Waals surface area contributed by atoms with E-state index in [0.717, 1.165) is 52.3 Å². The Labute approximate surface area is 145 Å². The maximum absolute atomic E-state index is 4.38. The molecule has 0 unspecified atom stereocenters. The molecule has 1 aliphatic rings. The second kappa shape index (κ2) is 6.68. The number of anilines is 1. The van der Waals surface area contributed by atoms with Crippen molar-refractivity contribution in [3.8, 4) is 11.4 Å². The van der Waals surface area contributed by atoms with Gasteiger partial charge in [0.15, 0.2) is 5.82 Å². The van der Waals surface area contributed by atoms with Crippen LogP contribution in [0.5, 0.6) is 0 Å². The number of aromatic nitrogens is 5. The summed E-state index contributed by atoms with van der Waals surface area (Å²) in [7, 11) is 0. The molecule has 124 valence electrons. The summed E-state index contributed by atoms with van der Waals surface area (Å²) in [6.45, 7) is 3.82. The van der Waals surface area contributed by atoms with Gasteiger partial charge in [0.2, 0.25) is 0 Å². The molecule has 0 saturated heterocycles. The highest BCUT2D eigenvalue weighted by atomic mass is 32.1. The van der Waals surface area contributed by atoms with Crippen LogP contribution >= 0.6 is 11.3 Å². The maximum atomic E-state index is 4.38. The SMILES string of the molecule is CCc1nnc(CNc2ccc(-c3nnc4n3CCCC4)cc2)s1. The molecule has 1 aliphatic heterocycles. The molecule has 0 radical (unpaired) electrons. The number of nitrogens with one attached hydrogen (secondary N) is 1. The normalized spacial score (nSPS) is 13.7. The Hall–Kier alpha value is -2.28. The predicted octanol–water partition coefficient (Wildman–Crippen LogP) is 3.31. The van der Waals surface area contributed by atoms with E-state index in [1.165, 1.54) is 12.8 Å². The highest BCUT2D eigenvalue weighted by Crippen LogP contribution is 2.24. The number of rotatable bonds is 5. The van der Waals surface area contributed by atoms with Gasteiger partial charge >= 0.3 is 0 Å². The molecule has 1 N–H and O–H groups in total. The van der Waals surface area contributed by atoms with Gasteiger partial charge in [-0.15, -0.1) is 20.4 Å². The molecule has 3 aromatic rings. The Bertz CT molecular complexity index is 820. The fraction of sp³-hybridized carbons (Fsp3) is 0.412. The topological polar surface area (TPSA) is 68.5 Å². The molecule has 24 heavy (non-hydrogen) atoms. The number of fused-ring (bicyclic) bond motifs is 1. The van der Waals surface area contributed by atoms with Crippen LogP contribution in [0, 0.1) is 0 Å². The Balaban J connectivity index is 1.45. The third kappa shape index (κ3) is 3.03. The van der Waals surface area contributed by atoms with Crippen LogP contribution in [0.2, 0.25) is 0 Å². The first-order valence-electron chi connectivity index (χ1n) is 8.41. The van der Waals surface area contributed by atoms with Crippen LogP contribution in [0.15, 0.2) is 24.3 Å². The van der Waals surface area contributed by atoms with E-state index in [4.69, 9.17) is 0 Å². The average molecular weight is 340 g/mol. The van der Waals surface area contributed by atoms with Crippen LogP contribution in [0.25, 0.3) is 11.4 Å². The van der Waals surface area contributed by atoms with Crippen LogP contribution in [-0.4, -0.2) is 25.0 Å². The zero-order valence-corrected chi connectivity index (χ0v) is 14.5. The van der Waals surface area contributed by atoms with E-state index in [-0.39, 0.29) is 0 Å². The van der Waals surface area contributed by atoms with Crippen molar-refractivity contribution in [3.63, 3.8) is 0 Å². The van der Waals surface area contributed by atoms with Crippen molar-refractivity contribution in [2.24, 2.45) is 0 Å². The van der Waals surface area contributed by atoms with Crippen molar-refractivity contribution >= 4 is 17.0 Å². The highest BCUT2D eigenvalue weighted by molar-refractivity contribution is 7.11. The van der Waals surface area contributed by atoms with Crippen molar-refractivity contribution in [1.82, 2.24) is 25.0 Å². The second-order valence-electron chi connectivity index (χ2n) is 5.92. The zero-order valence-electron chi connectivity index (χ0n) is 13.7. The minimum Gasteiger partial charge on any atom is -0.378 e. The first-order chi connectivity index (χ1) is 11.8. The van der Waals surface area contributed by atoms with Crippen LogP contribution in [-0.2, 0) is 25.9 Å². The Morgan fingerprint density at radius 1 is 1.04 bits per heavy atom. The van der Waals surface area contributed by atoms with E-state index in [9.17, 15) is 0 Å². The van der Waals surface area contributed by atoms with E-state index in [0.29, 0.717) is 6.54 Å². The minimum absolute atomic E-state index is 0.706. The van der Waals surface area contributed by atoms with Gasteiger partial charge in [-0.2, -0.15) is 0 Å². The van der Waals surface area contributed by atoms with Crippen LogP contribution in [0.3, 0.4) is 0 Å². The molecule has 7 heteroatoms. The molecule has 0 atom stereocenters. The smallest absolute Gasteiger partial charge is 0.163 e. The molecule has 0 saturated carbocycles. The molecule has 4 rings (SSSR count). The van der Waals surface area contributed by atoms with E-state index >= 15 is 0 Å². The summed E-state index contributed by atoms with van der Waals surface area (Å²) in [4.78, 5) is 0. The molecule has 6 nitrogen and oxygen atoms in total. The molecule has 0 aliphatic carbocycles. The van der Waals surface area contributed by atoms with Crippen LogP contribution < -0.4 is 5.32 Å². The van der Waals surface area contributed by atoms with Gasteiger partial charge in [-0.25, -0.2) is 0 Å². The van der Waals surface area contributed by atoms with Gasteiger partial charge in [-0.3, -0.25) is 0 Å². The van der Waals surface area contributed by atoms with Gasteiger partial charge in [-0.05, 0) is 43.5 Å². The summed E-state index contributed by atoms with van der Waals surface area (Å²) >= 11 is 1.66. The fourth-order valence-corrected chi connectivity index (χ4v) is 3.66. The Kier molecular flexibility index (Phi) is 4.25. The number of hydrogen-bond donors (Lipinski definition) is 1. The lowest BCUT2D eigenvalue weighted by molar-refractivity contribution is 0.526. The van der Waals surface area contributed by atoms with Crippen molar-refractivity contribution in [1.29, 1.82) is 0 Å². The van der Waals surface area contributed by atoms with E-state index < -0.39 is 0 Å². The lowest BCUT2D eigenvalue weighted by atomic mass is 10.1. The first kappa shape index (κ1) is 15.3. The first-order valence-corrected chi connectivity index (χ1v) is 9.23. The molecule has 3 heterocycles. The lowest BCUT2D eigenvalue weighted by Crippen LogP contribution is -2.11. The third-order valence-corrected chi connectivity index (χ3v) is 5.33. The molecule has 1 aromatic carbocycles. The highest BCUT2D eigenvalue weighted by Gasteiger charge is 2.16. The van der Waals surface area contributed by atoms with Gasteiger partial charge in [0.05, 0.1) is 6.54 Å². The van der Waals surface area contributed by atoms with Crippen molar-refractivity contribution < 1.29 is 0 Å². The Morgan fingerprint density at radius 2 is 1.88 bits per heavy atom. The summed E-state index contributed by atoms with van der Waals surface area (Å²) in [5.41, 5.74) is 2.19.